The molecule has 5 heteroatoms. The second-order valence-electron chi connectivity index (χ2n) is 2.60. The van der Waals surface area contributed by atoms with E-state index >= 15 is 0 Å². The maximum absolute atomic E-state index is 11.2. The molecule has 0 heterocycles. The number of hydrogen-bond acceptors (Lipinski definition) is 5. The first-order chi connectivity index (χ1) is 6.70. The van der Waals surface area contributed by atoms with E-state index in [0.29, 0.717) is 0 Å². The molecule has 0 saturated carbocycles. The molecular formula is C9H11NO4. The van der Waals surface area contributed by atoms with Crippen molar-refractivity contribution in [2.45, 2.75) is 6.10 Å². The van der Waals surface area contributed by atoms with Crippen LogP contribution in [0.5, 0.6) is 5.75 Å². The molecule has 0 saturated heterocycles. The minimum absolute atomic E-state index is 0.0617. The van der Waals surface area contributed by atoms with Gasteiger partial charge in [-0.05, 0) is 6.07 Å². The SMILES string of the molecule is COC(=O)C(ON)c1ccccc1O. The van der Waals surface area contributed by atoms with E-state index in [-0.39, 0.29) is 11.3 Å². The molecule has 0 aromatic heterocycles. The number of ether oxygens (including phenoxy) is 1. The smallest absolute Gasteiger partial charge is 0.341 e. The van der Waals surface area contributed by atoms with Crippen LogP contribution >= 0.6 is 0 Å². The van der Waals surface area contributed by atoms with E-state index in [9.17, 15) is 9.90 Å². The zero-order valence-electron chi connectivity index (χ0n) is 7.64. The summed E-state index contributed by atoms with van der Waals surface area (Å²) in [5, 5.41) is 9.41. The van der Waals surface area contributed by atoms with Gasteiger partial charge in [-0.1, -0.05) is 18.2 Å². The van der Waals surface area contributed by atoms with Crippen molar-refractivity contribution in [2.24, 2.45) is 5.90 Å². The molecule has 14 heavy (non-hydrogen) atoms. The maximum Gasteiger partial charge on any atom is 0.341 e. The molecule has 1 aromatic rings. The third-order valence-corrected chi connectivity index (χ3v) is 1.77. The maximum atomic E-state index is 11.2. The number of carbonyl (C=O) groups is 1. The van der Waals surface area contributed by atoms with Crippen molar-refractivity contribution in [1.82, 2.24) is 0 Å². The van der Waals surface area contributed by atoms with Crippen LogP contribution in [0.15, 0.2) is 24.3 Å². The number of esters is 1. The van der Waals surface area contributed by atoms with Gasteiger partial charge in [-0.2, -0.15) is 0 Å². The number of carbonyl (C=O) groups excluding carboxylic acids is 1. The Morgan fingerprint density at radius 2 is 2.14 bits per heavy atom. The molecule has 0 aliphatic carbocycles. The number of hydrogen-bond donors (Lipinski definition) is 2. The van der Waals surface area contributed by atoms with Gasteiger partial charge in [0.25, 0.3) is 0 Å². The third-order valence-electron chi connectivity index (χ3n) is 1.77. The molecule has 0 radical (unpaired) electrons. The summed E-state index contributed by atoms with van der Waals surface area (Å²) in [5.74, 6) is 4.22. The number of aromatic hydroxyl groups is 1. The molecule has 1 unspecified atom stereocenters. The Kier molecular flexibility index (Phi) is 3.44. The number of para-hydroxylation sites is 1. The van der Waals surface area contributed by atoms with E-state index in [4.69, 9.17) is 5.90 Å². The molecule has 0 amide bonds. The van der Waals surface area contributed by atoms with E-state index in [0.717, 1.165) is 0 Å². The van der Waals surface area contributed by atoms with Crippen molar-refractivity contribution in [3.63, 3.8) is 0 Å². The Labute approximate surface area is 81.0 Å². The zero-order chi connectivity index (χ0) is 10.6. The minimum Gasteiger partial charge on any atom is -0.508 e. The number of phenols is 1. The fourth-order valence-electron chi connectivity index (χ4n) is 1.07. The highest BCUT2D eigenvalue weighted by atomic mass is 16.6. The molecule has 0 fully saturated rings. The summed E-state index contributed by atoms with van der Waals surface area (Å²) in [6, 6.07) is 6.25. The van der Waals surface area contributed by atoms with Gasteiger partial charge in [-0.3, -0.25) is 4.84 Å². The monoisotopic (exact) mass is 197 g/mol. The van der Waals surface area contributed by atoms with Crippen LogP contribution in [0.4, 0.5) is 0 Å². The third kappa shape index (κ3) is 2.01. The minimum atomic E-state index is -1.10. The molecule has 0 spiro atoms. The van der Waals surface area contributed by atoms with Crippen LogP contribution in [-0.2, 0) is 14.4 Å². The first-order valence-electron chi connectivity index (χ1n) is 3.92. The average molecular weight is 197 g/mol. The molecular weight excluding hydrogens is 186 g/mol. The molecule has 0 aliphatic heterocycles. The molecule has 0 bridgehead atoms. The number of nitrogens with two attached hydrogens (primary N) is 1. The standard InChI is InChI=1S/C9H11NO4/c1-13-9(12)8(14-10)6-4-2-3-5-7(6)11/h2-5,8,11H,10H2,1H3. The molecule has 1 aromatic carbocycles. The van der Waals surface area contributed by atoms with Gasteiger partial charge in [0.15, 0.2) is 0 Å². The van der Waals surface area contributed by atoms with E-state index in [1.165, 1.54) is 19.2 Å². The molecule has 3 N–H and O–H groups in total. The van der Waals surface area contributed by atoms with Gasteiger partial charge in [0.05, 0.1) is 7.11 Å². The van der Waals surface area contributed by atoms with Crippen LogP contribution in [0.25, 0.3) is 0 Å². The zero-order valence-corrected chi connectivity index (χ0v) is 7.64. The van der Waals surface area contributed by atoms with Gasteiger partial charge in [0.2, 0.25) is 6.10 Å². The lowest BCUT2D eigenvalue weighted by Crippen LogP contribution is -2.20. The van der Waals surface area contributed by atoms with Crippen LogP contribution < -0.4 is 5.90 Å². The largest absolute Gasteiger partial charge is 0.508 e. The normalized spacial score (nSPS) is 12.1. The average Bonchev–Trinajstić information content (AvgIpc) is 2.21. The lowest BCUT2D eigenvalue weighted by Gasteiger charge is -2.13. The summed E-state index contributed by atoms with van der Waals surface area (Å²) >= 11 is 0. The van der Waals surface area contributed by atoms with Crippen molar-refractivity contribution < 1.29 is 19.5 Å². The number of rotatable bonds is 3. The van der Waals surface area contributed by atoms with Gasteiger partial charge in [-0.25, -0.2) is 10.7 Å². The quantitative estimate of drug-likeness (QED) is 0.544. The van der Waals surface area contributed by atoms with Crippen LogP contribution in [-0.4, -0.2) is 18.2 Å². The predicted molar refractivity (Wildman–Crippen MR) is 48.1 cm³/mol. The lowest BCUT2D eigenvalue weighted by atomic mass is 10.1. The Balaban J connectivity index is 3.01. The van der Waals surface area contributed by atoms with Gasteiger partial charge in [-0.15, -0.1) is 0 Å². The molecule has 0 aliphatic rings. The van der Waals surface area contributed by atoms with Crippen molar-refractivity contribution in [1.29, 1.82) is 0 Å². The number of phenolic OH excluding ortho intramolecular Hbond substituents is 1. The van der Waals surface area contributed by atoms with Crippen molar-refractivity contribution in [3.8, 4) is 5.75 Å². The topological polar surface area (TPSA) is 81.8 Å². The van der Waals surface area contributed by atoms with Crippen molar-refractivity contribution >= 4 is 5.97 Å². The summed E-state index contributed by atoms with van der Waals surface area (Å²) in [5.41, 5.74) is 0.279. The Hall–Kier alpha value is -1.59. The summed E-state index contributed by atoms with van der Waals surface area (Å²) in [6.07, 6.45) is -1.10. The lowest BCUT2D eigenvalue weighted by molar-refractivity contribution is -0.155. The predicted octanol–water partition coefficient (Wildman–Crippen LogP) is 0.497. The first-order valence-corrected chi connectivity index (χ1v) is 3.92. The van der Waals surface area contributed by atoms with Crippen LogP contribution in [0, 0.1) is 0 Å². The summed E-state index contributed by atoms with van der Waals surface area (Å²) in [7, 11) is 1.22. The number of benzene rings is 1. The van der Waals surface area contributed by atoms with Crippen LogP contribution in [0.3, 0.4) is 0 Å². The van der Waals surface area contributed by atoms with Crippen molar-refractivity contribution in [3.05, 3.63) is 29.8 Å². The second kappa shape index (κ2) is 4.59. The van der Waals surface area contributed by atoms with Gasteiger partial charge >= 0.3 is 5.97 Å². The Bertz CT molecular complexity index is 326. The fourth-order valence-corrected chi connectivity index (χ4v) is 1.07. The Morgan fingerprint density at radius 3 is 2.64 bits per heavy atom. The molecule has 1 atom stereocenters. The van der Waals surface area contributed by atoms with E-state index in [1.54, 1.807) is 12.1 Å². The molecule has 5 nitrogen and oxygen atoms in total. The summed E-state index contributed by atoms with van der Waals surface area (Å²) in [4.78, 5) is 15.6. The van der Waals surface area contributed by atoms with Gasteiger partial charge in [0, 0.05) is 5.56 Å². The van der Waals surface area contributed by atoms with Crippen LogP contribution in [0.2, 0.25) is 0 Å². The number of methoxy groups -OCH3 is 1. The van der Waals surface area contributed by atoms with E-state index in [2.05, 4.69) is 9.57 Å². The molecule has 76 valence electrons. The van der Waals surface area contributed by atoms with E-state index in [1.807, 2.05) is 0 Å². The highest BCUT2D eigenvalue weighted by Crippen LogP contribution is 2.25. The summed E-state index contributed by atoms with van der Waals surface area (Å²) < 4.78 is 4.46. The van der Waals surface area contributed by atoms with Crippen LogP contribution in [0.1, 0.15) is 11.7 Å². The molecule has 1 rings (SSSR count). The van der Waals surface area contributed by atoms with Crippen molar-refractivity contribution in [2.75, 3.05) is 7.11 Å². The van der Waals surface area contributed by atoms with Gasteiger partial charge in [0.1, 0.15) is 5.75 Å². The summed E-state index contributed by atoms with van der Waals surface area (Å²) in [6.45, 7) is 0. The highest BCUT2D eigenvalue weighted by Gasteiger charge is 2.24. The van der Waals surface area contributed by atoms with Gasteiger partial charge < -0.3 is 9.84 Å². The Morgan fingerprint density at radius 1 is 1.50 bits per heavy atom. The highest BCUT2D eigenvalue weighted by molar-refractivity contribution is 5.77. The fraction of sp³-hybridized carbons (Fsp3) is 0.222. The van der Waals surface area contributed by atoms with E-state index < -0.39 is 12.1 Å². The first kappa shape index (κ1) is 10.5. The second-order valence-corrected chi connectivity index (χ2v) is 2.60.